The average molecular weight is 381 g/mol. The third kappa shape index (κ3) is 4.96. The van der Waals surface area contributed by atoms with Gasteiger partial charge in [0.1, 0.15) is 5.01 Å². The van der Waals surface area contributed by atoms with Gasteiger partial charge in [0.05, 0.1) is 18.8 Å². The summed E-state index contributed by atoms with van der Waals surface area (Å²) in [5.74, 6) is 0.504. The van der Waals surface area contributed by atoms with Crippen molar-refractivity contribution in [2.75, 3.05) is 45.9 Å². The molecule has 26 heavy (non-hydrogen) atoms. The number of hydrogen-bond donors (Lipinski definition) is 0. The van der Waals surface area contributed by atoms with Gasteiger partial charge in [0.25, 0.3) is 0 Å². The Bertz CT molecular complexity index is 584. The average Bonchev–Trinajstić information content (AvgIpc) is 3.11. The molecule has 6 nitrogen and oxygen atoms in total. The number of nitrogens with zero attached hydrogens (tertiary/aromatic N) is 4. The van der Waals surface area contributed by atoms with Crippen molar-refractivity contribution in [2.45, 2.75) is 52.1 Å². The lowest BCUT2D eigenvalue weighted by atomic mass is 10.0. The summed E-state index contributed by atoms with van der Waals surface area (Å²) in [5.41, 5.74) is 1.22. The molecule has 1 aromatic rings. The number of piperidine rings is 1. The quantitative estimate of drug-likeness (QED) is 0.786. The van der Waals surface area contributed by atoms with Crippen LogP contribution in [-0.4, -0.2) is 77.7 Å². The van der Waals surface area contributed by atoms with Crippen LogP contribution in [0.4, 0.5) is 4.79 Å². The summed E-state index contributed by atoms with van der Waals surface area (Å²) < 4.78 is 5.12. The zero-order valence-corrected chi connectivity index (χ0v) is 17.1. The third-order valence-corrected chi connectivity index (χ3v) is 6.21. The number of piperazine rings is 1. The number of ether oxygens (including phenoxy) is 1. The Morgan fingerprint density at radius 3 is 2.73 bits per heavy atom. The first-order chi connectivity index (χ1) is 12.6. The summed E-state index contributed by atoms with van der Waals surface area (Å²) in [5, 5.41) is 3.44. The number of amides is 1. The van der Waals surface area contributed by atoms with Gasteiger partial charge in [-0.1, -0.05) is 13.8 Å². The molecule has 1 amide bonds. The summed E-state index contributed by atoms with van der Waals surface area (Å²) in [6.07, 6.45) is 2.33. The van der Waals surface area contributed by atoms with E-state index >= 15 is 0 Å². The summed E-state index contributed by atoms with van der Waals surface area (Å²) in [6.45, 7) is 13.4. The van der Waals surface area contributed by atoms with Crippen molar-refractivity contribution in [1.29, 1.82) is 0 Å². The lowest BCUT2D eigenvalue weighted by molar-refractivity contribution is 0.0412. The van der Waals surface area contributed by atoms with Crippen molar-refractivity contribution in [2.24, 2.45) is 0 Å². The highest BCUT2D eigenvalue weighted by Gasteiger charge is 2.30. The van der Waals surface area contributed by atoms with E-state index in [0.717, 1.165) is 45.8 Å². The second kappa shape index (κ2) is 9.15. The first-order valence-corrected chi connectivity index (χ1v) is 10.8. The molecule has 0 aliphatic carbocycles. The van der Waals surface area contributed by atoms with Crippen LogP contribution in [0.1, 0.15) is 50.2 Å². The van der Waals surface area contributed by atoms with Crippen LogP contribution in [0.15, 0.2) is 5.38 Å². The zero-order valence-electron chi connectivity index (χ0n) is 16.3. The Morgan fingerprint density at radius 2 is 2.08 bits per heavy atom. The smallest absolute Gasteiger partial charge is 0.409 e. The minimum absolute atomic E-state index is 0.165. The molecule has 1 aromatic heterocycles. The van der Waals surface area contributed by atoms with E-state index in [1.165, 1.54) is 23.5 Å². The summed E-state index contributed by atoms with van der Waals surface area (Å²) in [7, 11) is 0. The van der Waals surface area contributed by atoms with Crippen molar-refractivity contribution >= 4 is 17.4 Å². The SMILES string of the molecule is CCOC(=O)N1CCN(C2CCCN(Cc3nc(C(C)C)cs3)C2)CC1. The van der Waals surface area contributed by atoms with Crippen molar-refractivity contribution in [3.8, 4) is 0 Å². The summed E-state index contributed by atoms with van der Waals surface area (Å²) >= 11 is 1.79. The molecule has 1 unspecified atom stereocenters. The largest absolute Gasteiger partial charge is 0.450 e. The van der Waals surface area contributed by atoms with Crippen LogP contribution in [0.25, 0.3) is 0 Å². The van der Waals surface area contributed by atoms with Gasteiger partial charge in [-0.05, 0) is 32.2 Å². The molecule has 1 atom stereocenters. The molecule has 2 fully saturated rings. The predicted octanol–water partition coefficient (Wildman–Crippen LogP) is 3.01. The van der Waals surface area contributed by atoms with Crippen molar-refractivity contribution in [3.63, 3.8) is 0 Å². The number of rotatable bonds is 5. The molecule has 7 heteroatoms. The molecule has 3 rings (SSSR count). The molecule has 0 radical (unpaired) electrons. The van der Waals surface area contributed by atoms with E-state index in [1.807, 2.05) is 11.8 Å². The normalized spacial score (nSPS) is 22.8. The molecule has 146 valence electrons. The number of carbonyl (C=O) groups is 1. The number of carbonyl (C=O) groups excluding carboxylic acids is 1. The molecule has 0 saturated carbocycles. The highest BCUT2D eigenvalue weighted by Crippen LogP contribution is 2.23. The van der Waals surface area contributed by atoms with Crippen LogP contribution in [0.5, 0.6) is 0 Å². The van der Waals surface area contributed by atoms with E-state index in [9.17, 15) is 4.79 Å². The van der Waals surface area contributed by atoms with Gasteiger partial charge in [-0.3, -0.25) is 9.80 Å². The monoisotopic (exact) mass is 380 g/mol. The molecular weight excluding hydrogens is 348 g/mol. The molecular formula is C19H32N4O2S. The maximum atomic E-state index is 11.9. The molecule has 0 N–H and O–H groups in total. The lowest BCUT2D eigenvalue weighted by Gasteiger charge is -2.43. The van der Waals surface area contributed by atoms with Gasteiger partial charge < -0.3 is 9.64 Å². The molecule has 0 bridgehead atoms. The Labute approximate surface area is 161 Å². The van der Waals surface area contributed by atoms with Crippen LogP contribution < -0.4 is 0 Å². The fourth-order valence-electron chi connectivity index (χ4n) is 3.81. The van der Waals surface area contributed by atoms with Crippen LogP contribution in [0.2, 0.25) is 0 Å². The zero-order chi connectivity index (χ0) is 18.5. The Hall–Kier alpha value is -1.18. The van der Waals surface area contributed by atoms with Crippen LogP contribution in [-0.2, 0) is 11.3 Å². The summed E-state index contributed by atoms with van der Waals surface area (Å²) in [6, 6.07) is 0.595. The Kier molecular flexibility index (Phi) is 6.89. The minimum Gasteiger partial charge on any atom is -0.450 e. The lowest BCUT2D eigenvalue weighted by Crippen LogP contribution is -2.55. The molecule has 2 saturated heterocycles. The molecule has 0 aromatic carbocycles. The maximum absolute atomic E-state index is 11.9. The van der Waals surface area contributed by atoms with E-state index in [1.54, 1.807) is 11.3 Å². The van der Waals surface area contributed by atoms with E-state index in [-0.39, 0.29) is 6.09 Å². The fourth-order valence-corrected chi connectivity index (χ4v) is 4.81. The standard InChI is InChI=1S/C19H32N4O2S/c1-4-25-19(24)23-10-8-22(9-11-23)16-6-5-7-21(12-16)13-18-20-17(14-26-18)15(2)3/h14-16H,4-13H2,1-3H3. The van der Waals surface area contributed by atoms with Crippen LogP contribution >= 0.6 is 11.3 Å². The van der Waals surface area contributed by atoms with E-state index < -0.39 is 0 Å². The van der Waals surface area contributed by atoms with Crippen molar-refractivity contribution < 1.29 is 9.53 Å². The second-order valence-electron chi connectivity index (χ2n) is 7.57. The van der Waals surface area contributed by atoms with E-state index in [4.69, 9.17) is 9.72 Å². The van der Waals surface area contributed by atoms with Gasteiger partial charge in [-0.25, -0.2) is 9.78 Å². The van der Waals surface area contributed by atoms with Crippen molar-refractivity contribution in [1.82, 2.24) is 19.7 Å². The molecule has 3 heterocycles. The number of hydrogen-bond acceptors (Lipinski definition) is 6. The highest BCUT2D eigenvalue weighted by molar-refractivity contribution is 7.09. The number of aromatic nitrogens is 1. The molecule has 0 spiro atoms. The second-order valence-corrected chi connectivity index (χ2v) is 8.52. The van der Waals surface area contributed by atoms with Gasteiger partial charge in [-0.2, -0.15) is 0 Å². The first kappa shape index (κ1) is 19.6. The molecule has 2 aliphatic rings. The van der Waals surface area contributed by atoms with Crippen LogP contribution in [0.3, 0.4) is 0 Å². The highest BCUT2D eigenvalue weighted by atomic mass is 32.1. The first-order valence-electron chi connectivity index (χ1n) is 9.89. The van der Waals surface area contributed by atoms with Crippen LogP contribution in [0, 0.1) is 0 Å². The minimum atomic E-state index is -0.165. The van der Waals surface area contributed by atoms with E-state index in [2.05, 4.69) is 29.0 Å². The van der Waals surface area contributed by atoms with Gasteiger partial charge >= 0.3 is 6.09 Å². The molecule has 2 aliphatic heterocycles. The number of thiazole rings is 1. The number of likely N-dealkylation sites (tertiary alicyclic amines) is 1. The Morgan fingerprint density at radius 1 is 1.31 bits per heavy atom. The van der Waals surface area contributed by atoms with Gasteiger partial charge in [0.15, 0.2) is 0 Å². The van der Waals surface area contributed by atoms with Gasteiger partial charge in [0.2, 0.25) is 0 Å². The van der Waals surface area contributed by atoms with E-state index in [0.29, 0.717) is 18.6 Å². The van der Waals surface area contributed by atoms with Gasteiger partial charge in [0, 0.05) is 44.1 Å². The maximum Gasteiger partial charge on any atom is 0.409 e. The Balaban J connectivity index is 1.48. The topological polar surface area (TPSA) is 48.9 Å². The third-order valence-electron chi connectivity index (χ3n) is 5.36. The fraction of sp³-hybridized carbons (Fsp3) is 0.789. The summed E-state index contributed by atoms with van der Waals surface area (Å²) in [4.78, 5) is 23.6. The van der Waals surface area contributed by atoms with Gasteiger partial charge in [-0.15, -0.1) is 11.3 Å². The predicted molar refractivity (Wildman–Crippen MR) is 105 cm³/mol. The van der Waals surface area contributed by atoms with Crippen molar-refractivity contribution in [3.05, 3.63) is 16.1 Å².